The summed E-state index contributed by atoms with van der Waals surface area (Å²) in [7, 11) is -3.82. The monoisotopic (exact) mass is 532 g/mol. The SMILES string of the molecule is Cc1ccc(OCCCC(=O)Nc2ccc(S(=O)(=O)Nc3cc(C)nc(C)n3)cc2)c(Br)c1. The molecule has 0 saturated heterocycles. The van der Waals surface area contributed by atoms with Crippen LogP contribution in [0.15, 0.2) is 57.9 Å². The minimum absolute atomic E-state index is 0.0616. The first-order valence-electron chi connectivity index (χ1n) is 10.3. The highest BCUT2D eigenvalue weighted by Gasteiger charge is 2.16. The summed E-state index contributed by atoms with van der Waals surface area (Å²) in [5, 5.41) is 2.76. The van der Waals surface area contributed by atoms with E-state index in [1.54, 1.807) is 32.0 Å². The third-order valence-corrected chi connectivity index (χ3v) is 6.54. The number of nitrogens with one attached hydrogen (secondary N) is 2. The fraction of sp³-hybridized carbons (Fsp3) is 0.261. The van der Waals surface area contributed by atoms with Crippen molar-refractivity contribution in [1.82, 2.24) is 9.97 Å². The molecule has 2 N–H and O–H groups in total. The summed E-state index contributed by atoms with van der Waals surface area (Å²) in [6.07, 6.45) is 0.817. The number of rotatable bonds is 9. The van der Waals surface area contributed by atoms with Crippen LogP contribution in [-0.4, -0.2) is 30.9 Å². The number of aryl methyl sites for hydroxylation is 3. The zero-order valence-electron chi connectivity index (χ0n) is 18.6. The van der Waals surface area contributed by atoms with Gasteiger partial charge < -0.3 is 10.1 Å². The first-order chi connectivity index (χ1) is 15.6. The van der Waals surface area contributed by atoms with Gasteiger partial charge in [-0.05, 0) is 85.1 Å². The third-order valence-electron chi connectivity index (χ3n) is 4.55. The Bertz CT molecular complexity index is 1230. The van der Waals surface area contributed by atoms with Gasteiger partial charge in [0, 0.05) is 23.9 Å². The highest BCUT2D eigenvalue weighted by molar-refractivity contribution is 9.10. The first-order valence-corrected chi connectivity index (χ1v) is 12.5. The number of hydrogen-bond acceptors (Lipinski definition) is 6. The number of halogens is 1. The normalized spacial score (nSPS) is 11.2. The van der Waals surface area contributed by atoms with Crippen molar-refractivity contribution in [3.05, 3.63) is 70.1 Å². The molecule has 0 bridgehead atoms. The number of carbonyl (C=O) groups excluding carboxylic acids is 1. The molecule has 0 atom stereocenters. The van der Waals surface area contributed by atoms with E-state index in [4.69, 9.17) is 4.74 Å². The quantitative estimate of drug-likeness (QED) is 0.384. The fourth-order valence-corrected chi connectivity index (χ4v) is 4.64. The van der Waals surface area contributed by atoms with Crippen molar-refractivity contribution in [3.8, 4) is 5.75 Å². The summed E-state index contributed by atoms with van der Waals surface area (Å²) in [4.78, 5) is 20.5. The summed E-state index contributed by atoms with van der Waals surface area (Å²) in [5.74, 6) is 1.24. The summed E-state index contributed by atoms with van der Waals surface area (Å²) in [6, 6.07) is 13.3. The maximum Gasteiger partial charge on any atom is 0.263 e. The van der Waals surface area contributed by atoms with Gasteiger partial charge in [0.2, 0.25) is 5.91 Å². The largest absolute Gasteiger partial charge is 0.492 e. The van der Waals surface area contributed by atoms with Crippen LogP contribution in [0.4, 0.5) is 11.5 Å². The number of amides is 1. The van der Waals surface area contributed by atoms with E-state index in [2.05, 4.69) is 35.9 Å². The Balaban J connectivity index is 1.50. The number of carbonyl (C=O) groups is 1. The minimum atomic E-state index is -3.82. The molecule has 1 heterocycles. The average molecular weight is 533 g/mol. The van der Waals surface area contributed by atoms with Gasteiger partial charge in [0.15, 0.2) is 0 Å². The first kappa shape index (κ1) is 24.7. The van der Waals surface area contributed by atoms with Crippen LogP contribution in [0.3, 0.4) is 0 Å². The van der Waals surface area contributed by atoms with Gasteiger partial charge in [0.05, 0.1) is 16.0 Å². The van der Waals surface area contributed by atoms with Gasteiger partial charge in [-0.25, -0.2) is 18.4 Å². The van der Waals surface area contributed by atoms with Gasteiger partial charge >= 0.3 is 0 Å². The molecule has 2 aromatic carbocycles. The number of sulfonamides is 1. The van der Waals surface area contributed by atoms with Gasteiger partial charge in [-0.3, -0.25) is 9.52 Å². The maximum absolute atomic E-state index is 12.6. The number of nitrogens with zero attached hydrogens (tertiary/aromatic N) is 2. The van der Waals surface area contributed by atoms with E-state index < -0.39 is 10.0 Å². The van der Waals surface area contributed by atoms with Crippen LogP contribution in [-0.2, 0) is 14.8 Å². The summed E-state index contributed by atoms with van der Waals surface area (Å²) < 4.78 is 34.3. The Morgan fingerprint density at radius 3 is 2.42 bits per heavy atom. The topological polar surface area (TPSA) is 110 Å². The number of hydrogen-bond donors (Lipinski definition) is 2. The predicted octanol–water partition coefficient (Wildman–Crippen LogP) is 4.76. The number of aromatic nitrogens is 2. The molecule has 0 spiro atoms. The molecular weight excluding hydrogens is 508 g/mol. The lowest BCUT2D eigenvalue weighted by molar-refractivity contribution is -0.116. The molecular formula is C23H25BrN4O4S. The summed E-state index contributed by atoms with van der Waals surface area (Å²) >= 11 is 3.46. The highest BCUT2D eigenvalue weighted by Crippen LogP contribution is 2.26. The zero-order valence-corrected chi connectivity index (χ0v) is 21.0. The summed E-state index contributed by atoms with van der Waals surface area (Å²) in [6.45, 7) is 5.85. The standard InChI is InChI=1S/C23H25BrN4O4S/c1-15-6-11-21(20(24)13-15)32-12-4-5-23(29)27-18-7-9-19(10-8-18)33(30,31)28-22-14-16(2)25-17(3)26-22/h6-11,13-14H,4-5,12H2,1-3H3,(H,27,29)(H,25,26,28). The molecule has 8 nitrogen and oxygen atoms in total. The number of ether oxygens (including phenoxy) is 1. The van der Waals surface area contributed by atoms with E-state index in [0.717, 1.165) is 15.8 Å². The number of anilines is 2. The molecule has 33 heavy (non-hydrogen) atoms. The van der Waals surface area contributed by atoms with Crippen LogP contribution in [0.2, 0.25) is 0 Å². The molecule has 174 valence electrons. The van der Waals surface area contributed by atoms with E-state index in [9.17, 15) is 13.2 Å². The molecule has 0 radical (unpaired) electrons. The van der Waals surface area contributed by atoms with Crippen LogP contribution in [0, 0.1) is 20.8 Å². The zero-order chi connectivity index (χ0) is 24.0. The van der Waals surface area contributed by atoms with E-state index in [1.165, 1.54) is 12.1 Å². The van der Waals surface area contributed by atoms with Gasteiger partial charge in [0.1, 0.15) is 17.4 Å². The van der Waals surface area contributed by atoms with Gasteiger partial charge in [-0.1, -0.05) is 6.07 Å². The van der Waals surface area contributed by atoms with Crippen LogP contribution in [0.5, 0.6) is 5.75 Å². The highest BCUT2D eigenvalue weighted by atomic mass is 79.9. The second-order valence-corrected chi connectivity index (χ2v) is 10.0. The van der Waals surface area contributed by atoms with E-state index in [-0.39, 0.29) is 23.0 Å². The Kier molecular flexibility index (Phi) is 8.04. The van der Waals surface area contributed by atoms with Crippen molar-refractivity contribution in [2.75, 3.05) is 16.6 Å². The van der Waals surface area contributed by atoms with Gasteiger partial charge in [0.25, 0.3) is 10.0 Å². The van der Waals surface area contributed by atoms with Crippen molar-refractivity contribution >= 4 is 43.4 Å². The molecule has 0 fully saturated rings. The fourth-order valence-electron chi connectivity index (χ4n) is 3.04. The molecule has 1 amide bonds. The Morgan fingerprint density at radius 1 is 1.03 bits per heavy atom. The van der Waals surface area contributed by atoms with Crippen LogP contribution >= 0.6 is 15.9 Å². The second kappa shape index (κ2) is 10.8. The van der Waals surface area contributed by atoms with Gasteiger partial charge in [-0.2, -0.15) is 0 Å². The molecule has 3 aromatic rings. The Morgan fingerprint density at radius 2 is 1.76 bits per heavy atom. The van der Waals surface area contributed by atoms with Crippen molar-refractivity contribution in [2.45, 2.75) is 38.5 Å². The van der Waals surface area contributed by atoms with Crippen LogP contribution in [0.1, 0.15) is 29.9 Å². The molecule has 0 aliphatic heterocycles. The minimum Gasteiger partial charge on any atom is -0.492 e. The Hall–Kier alpha value is -2.98. The molecule has 0 unspecified atom stereocenters. The Labute approximate surface area is 202 Å². The smallest absolute Gasteiger partial charge is 0.263 e. The molecule has 0 saturated carbocycles. The average Bonchev–Trinajstić information content (AvgIpc) is 2.72. The summed E-state index contributed by atoms with van der Waals surface area (Å²) in [5.41, 5.74) is 2.30. The second-order valence-electron chi connectivity index (χ2n) is 7.51. The van der Waals surface area contributed by atoms with Crippen molar-refractivity contribution in [3.63, 3.8) is 0 Å². The van der Waals surface area contributed by atoms with E-state index >= 15 is 0 Å². The molecule has 0 aliphatic rings. The molecule has 10 heteroatoms. The van der Waals surface area contributed by atoms with Crippen molar-refractivity contribution < 1.29 is 17.9 Å². The maximum atomic E-state index is 12.6. The molecule has 3 rings (SSSR count). The number of benzene rings is 2. The lowest BCUT2D eigenvalue weighted by Gasteiger charge is -2.10. The molecule has 1 aromatic heterocycles. The predicted molar refractivity (Wildman–Crippen MR) is 131 cm³/mol. The van der Waals surface area contributed by atoms with Crippen molar-refractivity contribution in [2.24, 2.45) is 0 Å². The van der Waals surface area contributed by atoms with Gasteiger partial charge in [-0.15, -0.1) is 0 Å². The van der Waals surface area contributed by atoms with E-state index in [0.29, 0.717) is 30.2 Å². The van der Waals surface area contributed by atoms with Crippen LogP contribution < -0.4 is 14.8 Å². The molecule has 0 aliphatic carbocycles. The van der Waals surface area contributed by atoms with Crippen molar-refractivity contribution in [1.29, 1.82) is 0 Å². The lowest BCUT2D eigenvalue weighted by Crippen LogP contribution is -2.15. The lowest BCUT2D eigenvalue weighted by atomic mass is 10.2. The third kappa shape index (κ3) is 7.26. The van der Waals surface area contributed by atoms with Crippen LogP contribution in [0.25, 0.3) is 0 Å². The van der Waals surface area contributed by atoms with E-state index in [1.807, 2.05) is 25.1 Å².